The van der Waals surface area contributed by atoms with Gasteiger partial charge in [-0.2, -0.15) is 0 Å². The molecule has 0 heterocycles. The van der Waals surface area contributed by atoms with Gasteiger partial charge in [-0.1, -0.05) is 24.3 Å². The van der Waals surface area contributed by atoms with Crippen molar-refractivity contribution in [3.8, 4) is 0 Å². The van der Waals surface area contributed by atoms with Crippen molar-refractivity contribution in [3.05, 3.63) is 34.5 Å². The summed E-state index contributed by atoms with van der Waals surface area (Å²) in [7, 11) is 0. The van der Waals surface area contributed by atoms with E-state index in [-0.39, 0.29) is 5.43 Å². The van der Waals surface area contributed by atoms with Crippen LogP contribution >= 0.6 is 0 Å². The standard InChI is InChI=1S/C7H4O.CH3NO/c8-7-5-3-1-2-4-6(5)7;1-2-3/h1-4H;3H,1H2. The first-order valence-electron chi connectivity index (χ1n) is 3.05. The van der Waals surface area contributed by atoms with Gasteiger partial charge in [0, 0.05) is 17.5 Å². The molecule has 0 aromatic heterocycles. The first-order chi connectivity index (χ1) is 5.31. The normalized spacial score (nSPS) is 9.09. The van der Waals surface area contributed by atoms with Crippen LogP contribution in [-0.2, 0) is 0 Å². The highest BCUT2D eigenvalue weighted by molar-refractivity contribution is 5.96. The molecule has 0 aliphatic carbocycles. The Morgan fingerprint density at radius 3 is 1.91 bits per heavy atom. The number of oxime groups is 1. The third-order valence-corrected chi connectivity index (χ3v) is 1.35. The van der Waals surface area contributed by atoms with Crippen LogP contribution in [0.5, 0.6) is 0 Å². The lowest BCUT2D eigenvalue weighted by Gasteiger charge is -1.66. The summed E-state index contributed by atoms with van der Waals surface area (Å²) in [6.07, 6.45) is 0. The Morgan fingerprint density at radius 1 is 1.27 bits per heavy atom. The highest BCUT2D eigenvalue weighted by Gasteiger charge is 2.07. The number of hydrogen-bond acceptors (Lipinski definition) is 3. The molecule has 0 amide bonds. The highest BCUT2D eigenvalue weighted by atomic mass is 16.4. The van der Waals surface area contributed by atoms with E-state index in [0.29, 0.717) is 0 Å². The predicted octanol–water partition coefficient (Wildman–Crippen LogP) is 1.15. The van der Waals surface area contributed by atoms with Gasteiger partial charge in [-0.05, 0) is 0 Å². The molecule has 0 unspecified atom stereocenters. The third kappa shape index (κ3) is 1.43. The average Bonchev–Trinajstić information content (AvgIpc) is 2.66. The van der Waals surface area contributed by atoms with Gasteiger partial charge in [0.1, 0.15) is 0 Å². The Balaban J connectivity index is 0.000000179. The van der Waals surface area contributed by atoms with Crippen molar-refractivity contribution >= 4 is 17.5 Å². The van der Waals surface area contributed by atoms with E-state index in [9.17, 15) is 4.79 Å². The van der Waals surface area contributed by atoms with Gasteiger partial charge < -0.3 is 5.21 Å². The Hall–Kier alpha value is -1.64. The number of fused-ring (bicyclic) bond motifs is 1. The van der Waals surface area contributed by atoms with Crippen LogP contribution in [0.25, 0.3) is 10.8 Å². The molecule has 0 spiro atoms. The maximum atomic E-state index is 10.5. The molecule has 0 aliphatic rings. The summed E-state index contributed by atoms with van der Waals surface area (Å²) in [4.78, 5) is 10.5. The largest absolute Gasteiger partial charge is 0.411 e. The Labute approximate surface area is 63.3 Å². The smallest absolute Gasteiger partial charge is 0.194 e. The van der Waals surface area contributed by atoms with E-state index < -0.39 is 0 Å². The lowest BCUT2D eigenvalue weighted by atomic mass is 10.4. The summed E-state index contributed by atoms with van der Waals surface area (Å²) in [6.45, 7) is 2.67. The third-order valence-electron chi connectivity index (χ3n) is 1.35. The van der Waals surface area contributed by atoms with Gasteiger partial charge in [0.15, 0.2) is 5.43 Å². The van der Waals surface area contributed by atoms with Crippen LogP contribution in [0.15, 0.2) is 34.2 Å². The SMILES string of the molecule is C=NO.O=c1c2ccccc12. The van der Waals surface area contributed by atoms with Crippen molar-refractivity contribution in [1.82, 2.24) is 0 Å². The second-order valence-corrected chi connectivity index (χ2v) is 2.02. The van der Waals surface area contributed by atoms with E-state index in [1.54, 1.807) is 0 Å². The summed E-state index contributed by atoms with van der Waals surface area (Å²) < 4.78 is 0. The Kier molecular flexibility index (Phi) is 2.01. The zero-order valence-electron chi connectivity index (χ0n) is 5.82. The van der Waals surface area contributed by atoms with Crippen molar-refractivity contribution in [2.75, 3.05) is 0 Å². The minimum Gasteiger partial charge on any atom is -0.411 e. The second-order valence-electron chi connectivity index (χ2n) is 2.02. The van der Waals surface area contributed by atoms with Gasteiger partial charge in [-0.25, -0.2) is 0 Å². The van der Waals surface area contributed by atoms with Crippen LogP contribution in [0.4, 0.5) is 0 Å². The predicted molar refractivity (Wildman–Crippen MR) is 43.9 cm³/mol. The minimum absolute atomic E-state index is 0.218. The first-order valence-corrected chi connectivity index (χ1v) is 3.05. The first kappa shape index (κ1) is 7.47. The van der Waals surface area contributed by atoms with Crippen LogP contribution < -0.4 is 5.43 Å². The Bertz CT molecular complexity index is 341. The van der Waals surface area contributed by atoms with Crippen LogP contribution in [0, 0.1) is 0 Å². The average molecular weight is 149 g/mol. The summed E-state index contributed by atoms with van der Waals surface area (Å²) >= 11 is 0. The maximum Gasteiger partial charge on any atom is 0.194 e. The fourth-order valence-corrected chi connectivity index (χ4v) is 0.833. The molecule has 0 fully saturated rings. The van der Waals surface area contributed by atoms with E-state index in [2.05, 4.69) is 11.9 Å². The van der Waals surface area contributed by atoms with E-state index >= 15 is 0 Å². The van der Waals surface area contributed by atoms with Gasteiger partial charge in [0.25, 0.3) is 0 Å². The monoisotopic (exact) mass is 149 g/mol. The van der Waals surface area contributed by atoms with Crippen LogP contribution in [0.2, 0.25) is 0 Å². The second kappa shape index (κ2) is 2.96. The van der Waals surface area contributed by atoms with Gasteiger partial charge in [-0.3, -0.25) is 4.79 Å². The topological polar surface area (TPSA) is 49.7 Å². The molecule has 0 bridgehead atoms. The zero-order chi connectivity index (χ0) is 8.27. The van der Waals surface area contributed by atoms with Crippen molar-refractivity contribution in [2.45, 2.75) is 0 Å². The quantitative estimate of drug-likeness (QED) is 0.347. The summed E-state index contributed by atoms with van der Waals surface area (Å²) in [5, 5.41) is 11.1. The molecule has 11 heavy (non-hydrogen) atoms. The minimum atomic E-state index is 0.218. The molecule has 3 heteroatoms. The molecule has 1 N–H and O–H groups in total. The molecule has 2 aromatic rings. The van der Waals surface area contributed by atoms with E-state index in [1.165, 1.54) is 0 Å². The van der Waals surface area contributed by atoms with Crippen molar-refractivity contribution in [1.29, 1.82) is 0 Å². The molecular weight excluding hydrogens is 142 g/mol. The number of hydrogen-bond donors (Lipinski definition) is 1. The summed E-state index contributed by atoms with van der Waals surface area (Å²) in [5.41, 5.74) is 0.218. The van der Waals surface area contributed by atoms with Gasteiger partial charge in [0.2, 0.25) is 0 Å². The van der Waals surface area contributed by atoms with Gasteiger partial charge >= 0.3 is 0 Å². The van der Waals surface area contributed by atoms with E-state index in [0.717, 1.165) is 10.8 Å². The Morgan fingerprint density at radius 2 is 1.64 bits per heavy atom. The number of nitrogens with zero attached hydrogens (tertiary/aromatic N) is 1. The molecule has 0 saturated carbocycles. The maximum absolute atomic E-state index is 10.5. The molecule has 0 saturated heterocycles. The van der Waals surface area contributed by atoms with E-state index in [4.69, 9.17) is 5.21 Å². The molecular formula is C8H7NO2. The van der Waals surface area contributed by atoms with Crippen molar-refractivity contribution < 1.29 is 5.21 Å². The van der Waals surface area contributed by atoms with Crippen molar-refractivity contribution in [2.24, 2.45) is 5.16 Å². The zero-order valence-corrected chi connectivity index (χ0v) is 5.82. The van der Waals surface area contributed by atoms with Crippen LogP contribution in [-0.4, -0.2) is 11.9 Å². The highest BCUT2D eigenvalue weighted by Crippen LogP contribution is 2.11. The fraction of sp³-hybridized carbons (Fsp3) is 0. The lowest BCUT2D eigenvalue weighted by Crippen LogP contribution is -1.66. The van der Waals surface area contributed by atoms with E-state index in [1.807, 2.05) is 24.3 Å². The van der Waals surface area contributed by atoms with Crippen LogP contribution in [0.1, 0.15) is 0 Å². The lowest BCUT2D eigenvalue weighted by molar-refractivity contribution is 0.323. The molecule has 0 atom stereocenters. The van der Waals surface area contributed by atoms with Crippen molar-refractivity contribution in [3.63, 3.8) is 0 Å². The molecule has 2 rings (SSSR count). The number of rotatable bonds is 0. The van der Waals surface area contributed by atoms with Gasteiger partial charge in [-0.15, -0.1) is 5.16 Å². The number of benzene rings is 1. The summed E-state index contributed by atoms with van der Waals surface area (Å²) in [5.74, 6) is 0. The van der Waals surface area contributed by atoms with Gasteiger partial charge in [0.05, 0.1) is 0 Å². The molecule has 0 aliphatic heterocycles. The van der Waals surface area contributed by atoms with Crippen LogP contribution in [0.3, 0.4) is 0 Å². The molecule has 56 valence electrons. The molecule has 0 radical (unpaired) electrons. The fourth-order valence-electron chi connectivity index (χ4n) is 0.833. The molecule has 3 nitrogen and oxygen atoms in total. The summed E-state index contributed by atoms with van der Waals surface area (Å²) in [6, 6.07) is 7.45. The molecule has 2 aromatic carbocycles.